The molecule has 27 heavy (non-hydrogen) atoms. The van der Waals surface area contributed by atoms with Crippen LogP contribution in [-0.4, -0.2) is 46.9 Å². The highest BCUT2D eigenvalue weighted by atomic mass is 32.2. The molecule has 0 bridgehead atoms. The Morgan fingerprint density at radius 3 is 2.37 bits per heavy atom. The van der Waals surface area contributed by atoms with Gasteiger partial charge in [-0.3, -0.25) is 0 Å². The number of carboxylic acid groups (broad SMARTS) is 2. The van der Waals surface area contributed by atoms with E-state index in [0.29, 0.717) is 18.3 Å². The molecule has 6 nitrogen and oxygen atoms in total. The van der Waals surface area contributed by atoms with E-state index in [9.17, 15) is 5.11 Å². The van der Waals surface area contributed by atoms with Crippen LogP contribution in [0.15, 0.2) is 53.4 Å². The van der Waals surface area contributed by atoms with Gasteiger partial charge in [-0.15, -0.1) is 11.8 Å². The third kappa shape index (κ3) is 7.13. The molecule has 7 heteroatoms. The molecule has 2 atom stereocenters. The first-order valence-corrected chi connectivity index (χ1v) is 9.88. The summed E-state index contributed by atoms with van der Waals surface area (Å²) < 4.78 is 6.21. The highest BCUT2D eigenvalue weighted by Gasteiger charge is 2.27. The molecule has 2 unspecified atom stereocenters. The summed E-state index contributed by atoms with van der Waals surface area (Å²) in [6.45, 7) is 2.51. The maximum atomic E-state index is 9.47. The first kappa shape index (κ1) is 21.1. The average molecular weight is 391 g/mol. The third-order valence-corrected chi connectivity index (χ3v) is 5.11. The lowest BCUT2D eigenvalue weighted by Crippen LogP contribution is -2.40. The van der Waals surface area contributed by atoms with E-state index in [1.54, 1.807) is 23.9 Å². The highest BCUT2D eigenvalue weighted by molar-refractivity contribution is 7.98. The summed E-state index contributed by atoms with van der Waals surface area (Å²) in [6.07, 6.45) is 1.47. The van der Waals surface area contributed by atoms with Crippen LogP contribution < -0.4 is 5.32 Å². The monoisotopic (exact) mass is 391 g/mol. The Morgan fingerprint density at radius 1 is 1.15 bits per heavy atom. The molecule has 1 fully saturated rings. The standard InChI is InChI=1S/C19H23NO2S.CH2O3/c1-23-17-8-2-14(3-9-17)13-22-19-12-20-11-10-18(19)15-4-6-16(21)7-5-15;2-1(3)4/h2-9,18-21H,10-13H2,1H3;(H2,2,3,4). The number of phenols is 1. The molecule has 0 amide bonds. The van der Waals surface area contributed by atoms with Crippen LogP contribution in [0.5, 0.6) is 5.75 Å². The van der Waals surface area contributed by atoms with Crippen molar-refractivity contribution in [2.24, 2.45) is 0 Å². The molecule has 1 saturated heterocycles. The van der Waals surface area contributed by atoms with Gasteiger partial charge in [0.2, 0.25) is 0 Å². The van der Waals surface area contributed by atoms with Crippen molar-refractivity contribution in [3.63, 3.8) is 0 Å². The number of carbonyl (C=O) groups is 1. The van der Waals surface area contributed by atoms with Crippen LogP contribution in [0, 0.1) is 0 Å². The molecule has 0 aromatic heterocycles. The molecule has 1 heterocycles. The van der Waals surface area contributed by atoms with E-state index in [2.05, 4.69) is 35.8 Å². The van der Waals surface area contributed by atoms with Crippen LogP contribution in [0.1, 0.15) is 23.5 Å². The Kier molecular flexibility index (Phi) is 8.44. The molecule has 0 saturated carbocycles. The number of phenolic OH excluding ortho intramolecular Hbond substituents is 1. The number of nitrogens with one attached hydrogen (secondary N) is 1. The lowest BCUT2D eigenvalue weighted by atomic mass is 9.87. The Bertz CT molecular complexity index is 701. The second kappa shape index (κ2) is 10.8. The maximum absolute atomic E-state index is 9.47. The Hall–Kier alpha value is -2.22. The molecule has 2 aromatic carbocycles. The summed E-state index contributed by atoms with van der Waals surface area (Å²) >= 11 is 1.75. The van der Waals surface area contributed by atoms with E-state index in [1.807, 2.05) is 12.1 Å². The van der Waals surface area contributed by atoms with Gasteiger partial charge in [0.15, 0.2) is 0 Å². The number of ether oxygens (including phenoxy) is 1. The SMILES string of the molecule is CSc1ccc(COC2CNCCC2c2ccc(O)cc2)cc1.O=C(O)O. The second-order valence-electron chi connectivity index (χ2n) is 6.17. The molecular formula is C20H25NO5S. The topological polar surface area (TPSA) is 99.0 Å². The number of aromatic hydroxyl groups is 1. The van der Waals surface area contributed by atoms with Crippen LogP contribution in [0.25, 0.3) is 0 Å². The normalized spacial score (nSPS) is 19.0. The van der Waals surface area contributed by atoms with Crippen molar-refractivity contribution in [2.75, 3.05) is 19.3 Å². The van der Waals surface area contributed by atoms with Crippen molar-refractivity contribution < 1.29 is 24.9 Å². The molecule has 146 valence electrons. The second-order valence-corrected chi connectivity index (χ2v) is 7.05. The van der Waals surface area contributed by atoms with Crippen molar-refractivity contribution >= 4 is 17.9 Å². The van der Waals surface area contributed by atoms with Crippen LogP contribution in [-0.2, 0) is 11.3 Å². The van der Waals surface area contributed by atoms with Gasteiger partial charge in [-0.25, -0.2) is 4.79 Å². The van der Waals surface area contributed by atoms with Gasteiger partial charge in [0.05, 0.1) is 12.7 Å². The van der Waals surface area contributed by atoms with E-state index < -0.39 is 6.16 Å². The quantitative estimate of drug-likeness (QED) is 0.572. The number of hydrogen-bond donors (Lipinski definition) is 4. The van der Waals surface area contributed by atoms with Gasteiger partial charge in [-0.1, -0.05) is 24.3 Å². The smallest absolute Gasteiger partial charge is 0.503 e. The molecular weight excluding hydrogens is 366 g/mol. The molecule has 0 spiro atoms. The van der Waals surface area contributed by atoms with Gasteiger partial charge in [-0.2, -0.15) is 0 Å². The zero-order chi connectivity index (χ0) is 19.6. The van der Waals surface area contributed by atoms with E-state index in [0.717, 1.165) is 19.5 Å². The summed E-state index contributed by atoms with van der Waals surface area (Å²) in [5.41, 5.74) is 2.45. The molecule has 0 radical (unpaired) electrons. The van der Waals surface area contributed by atoms with Crippen LogP contribution in [0.2, 0.25) is 0 Å². The van der Waals surface area contributed by atoms with Gasteiger partial charge in [0, 0.05) is 17.4 Å². The minimum atomic E-state index is -1.83. The molecule has 1 aliphatic rings. The number of thioether (sulfide) groups is 1. The lowest BCUT2D eigenvalue weighted by molar-refractivity contribution is 0.0106. The Morgan fingerprint density at radius 2 is 1.78 bits per heavy atom. The van der Waals surface area contributed by atoms with Crippen LogP contribution >= 0.6 is 11.8 Å². The van der Waals surface area contributed by atoms with Gasteiger partial charge in [0.1, 0.15) is 5.75 Å². The fourth-order valence-electron chi connectivity index (χ4n) is 3.03. The molecule has 1 aliphatic heterocycles. The minimum absolute atomic E-state index is 0.161. The van der Waals surface area contributed by atoms with Gasteiger partial charge >= 0.3 is 6.16 Å². The lowest BCUT2D eigenvalue weighted by Gasteiger charge is -2.32. The van der Waals surface area contributed by atoms with E-state index >= 15 is 0 Å². The molecule has 0 aliphatic carbocycles. The predicted octanol–water partition coefficient (Wildman–Crippen LogP) is 4.00. The number of benzene rings is 2. The largest absolute Gasteiger partial charge is 0.508 e. The zero-order valence-corrected chi connectivity index (χ0v) is 16.0. The number of hydrogen-bond acceptors (Lipinski definition) is 5. The van der Waals surface area contributed by atoms with Gasteiger partial charge < -0.3 is 25.4 Å². The fraction of sp³-hybridized carbons (Fsp3) is 0.350. The van der Waals surface area contributed by atoms with Crippen molar-refractivity contribution in [1.82, 2.24) is 5.32 Å². The van der Waals surface area contributed by atoms with Crippen molar-refractivity contribution in [1.29, 1.82) is 0 Å². The minimum Gasteiger partial charge on any atom is -0.508 e. The highest BCUT2D eigenvalue weighted by Crippen LogP contribution is 2.29. The third-order valence-electron chi connectivity index (χ3n) is 4.37. The van der Waals surface area contributed by atoms with E-state index in [1.165, 1.54) is 16.0 Å². The summed E-state index contributed by atoms with van der Waals surface area (Å²) in [6, 6.07) is 16.1. The molecule has 4 N–H and O–H groups in total. The number of rotatable bonds is 5. The van der Waals surface area contributed by atoms with Crippen molar-refractivity contribution in [3.05, 3.63) is 59.7 Å². The van der Waals surface area contributed by atoms with E-state index in [4.69, 9.17) is 19.7 Å². The predicted molar refractivity (Wildman–Crippen MR) is 106 cm³/mol. The first-order chi connectivity index (χ1) is 13.0. The molecule has 3 rings (SSSR count). The average Bonchev–Trinajstić information content (AvgIpc) is 2.67. The fourth-order valence-corrected chi connectivity index (χ4v) is 3.44. The van der Waals surface area contributed by atoms with E-state index in [-0.39, 0.29) is 6.10 Å². The summed E-state index contributed by atoms with van der Waals surface area (Å²) in [5.74, 6) is 0.691. The maximum Gasteiger partial charge on any atom is 0.503 e. The summed E-state index contributed by atoms with van der Waals surface area (Å²) in [5, 5.41) is 26.8. The Labute approximate surface area is 163 Å². The molecule has 2 aromatic rings. The Balaban J connectivity index is 0.000000596. The van der Waals surface area contributed by atoms with Gasteiger partial charge in [-0.05, 0) is 54.6 Å². The summed E-state index contributed by atoms with van der Waals surface area (Å²) in [4.78, 5) is 9.83. The zero-order valence-electron chi connectivity index (χ0n) is 15.2. The van der Waals surface area contributed by atoms with Crippen LogP contribution in [0.3, 0.4) is 0 Å². The first-order valence-electron chi connectivity index (χ1n) is 8.65. The summed E-state index contributed by atoms with van der Waals surface area (Å²) in [7, 11) is 0. The van der Waals surface area contributed by atoms with Crippen LogP contribution in [0.4, 0.5) is 4.79 Å². The number of piperidine rings is 1. The van der Waals surface area contributed by atoms with Crippen molar-refractivity contribution in [2.45, 2.75) is 29.9 Å². The van der Waals surface area contributed by atoms with Crippen molar-refractivity contribution in [3.8, 4) is 5.75 Å². The van der Waals surface area contributed by atoms with Gasteiger partial charge in [0.25, 0.3) is 0 Å².